The van der Waals surface area contributed by atoms with Crippen molar-refractivity contribution in [2.45, 2.75) is 11.7 Å². The van der Waals surface area contributed by atoms with E-state index in [-0.39, 0.29) is 11.4 Å². The van der Waals surface area contributed by atoms with Crippen LogP contribution in [0.3, 0.4) is 0 Å². The minimum atomic E-state index is -4.19. The number of halogens is 4. The Morgan fingerprint density at radius 3 is 2.33 bits per heavy atom. The Kier molecular flexibility index (Phi) is 5.60. The van der Waals surface area contributed by atoms with Crippen LogP contribution in [0, 0.1) is 0 Å². The van der Waals surface area contributed by atoms with E-state index in [1.807, 2.05) is 0 Å². The molecule has 1 N–H and O–H groups in total. The largest absolute Gasteiger partial charge is 0.545 e. The number of hydrogen-bond acceptors (Lipinski definition) is 4. The predicted molar refractivity (Wildman–Crippen MR) is 65.5 cm³/mol. The Labute approximate surface area is 122 Å². The summed E-state index contributed by atoms with van der Waals surface area (Å²) in [7, 11) is 0. The quantitative estimate of drug-likeness (QED) is 0.635. The summed E-state index contributed by atoms with van der Waals surface area (Å²) in [6.07, 6.45) is -2.95. The normalized spacial score (nSPS) is 13.0. The molecule has 1 aromatic rings. The summed E-state index contributed by atoms with van der Waals surface area (Å²) in [6.45, 7) is 0. The maximum Gasteiger partial charge on any atom is 0.444 e. The van der Waals surface area contributed by atoms with Crippen LogP contribution in [0.2, 0.25) is 0 Å². The lowest BCUT2D eigenvalue weighted by atomic mass is 10.3. The minimum absolute atomic E-state index is 0.182. The van der Waals surface area contributed by atoms with Gasteiger partial charge in [-0.25, -0.2) is 4.39 Å². The van der Waals surface area contributed by atoms with Crippen molar-refractivity contribution in [1.82, 2.24) is 0 Å². The molecule has 9 heteroatoms. The molecule has 0 aliphatic heterocycles. The fourth-order valence-electron chi connectivity index (χ4n) is 1.14. The zero-order valence-corrected chi connectivity index (χ0v) is 10.9. The first-order valence-corrected chi connectivity index (χ1v) is 5.79. The Hall–Kier alpha value is -2.22. The molecule has 0 bridgehead atoms. The van der Waals surface area contributed by atoms with Crippen LogP contribution in [0.15, 0.2) is 36.4 Å². The average molecular weight is 323 g/mol. The summed E-state index contributed by atoms with van der Waals surface area (Å²) in [6, 6.07) is 4.48. The van der Waals surface area contributed by atoms with Crippen molar-refractivity contribution in [1.29, 1.82) is 0 Å². The third-order valence-corrected chi connectivity index (χ3v) is 2.25. The molecule has 0 saturated heterocycles. The van der Waals surface area contributed by atoms with Crippen molar-refractivity contribution in [3.8, 4) is 5.75 Å². The van der Waals surface area contributed by atoms with E-state index in [4.69, 9.17) is 0 Å². The number of benzene rings is 1. The van der Waals surface area contributed by atoms with Gasteiger partial charge in [-0.1, -0.05) is 11.6 Å². The summed E-state index contributed by atoms with van der Waals surface area (Å²) >= 11 is 4.62. The number of carboxylic acids is 1. The first-order chi connectivity index (χ1) is 9.70. The number of carboxylic acid groups (broad SMARTS) is 1. The van der Waals surface area contributed by atoms with Gasteiger partial charge in [0.1, 0.15) is 5.75 Å². The van der Waals surface area contributed by atoms with Gasteiger partial charge in [-0.15, -0.1) is 0 Å². The fourth-order valence-corrected chi connectivity index (χ4v) is 1.18. The molecule has 1 aromatic carbocycles. The maximum absolute atomic E-state index is 12.8. The second-order valence-corrected chi connectivity index (χ2v) is 4.01. The first-order valence-electron chi connectivity index (χ1n) is 5.36. The molecule has 0 heterocycles. The highest BCUT2D eigenvalue weighted by molar-refractivity contribution is 6.20. The number of ether oxygens (including phenoxy) is 1. The van der Waals surface area contributed by atoms with Gasteiger partial charge in [-0.2, -0.15) is 8.78 Å². The van der Waals surface area contributed by atoms with E-state index in [1.165, 1.54) is 12.1 Å². The van der Waals surface area contributed by atoms with Crippen molar-refractivity contribution in [2.75, 3.05) is 5.32 Å². The molecule has 0 aromatic heterocycles. The Bertz CT molecular complexity index is 546. The van der Waals surface area contributed by atoms with E-state index >= 15 is 0 Å². The maximum atomic E-state index is 12.8. The van der Waals surface area contributed by atoms with Crippen molar-refractivity contribution >= 4 is 29.2 Å². The number of rotatable bonds is 6. The SMILES string of the molecule is O=C([O-])C=CC(=O)Nc1ccc(OC(F)(F)[C@H](F)Cl)cc1. The summed E-state index contributed by atoms with van der Waals surface area (Å²) in [5, 5.41) is 12.3. The van der Waals surface area contributed by atoms with Crippen LogP contribution in [0.25, 0.3) is 0 Å². The topological polar surface area (TPSA) is 78.5 Å². The summed E-state index contributed by atoms with van der Waals surface area (Å²) in [4.78, 5) is 21.3. The van der Waals surface area contributed by atoms with Crippen molar-refractivity contribution in [3.05, 3.63) is 36.4 Å². The van der Waals surface area contributed by atoms with Crippen LogP contribution < -0.4 is 15.2 Å². The number of hydrogen-bond donors (Lipinski definition) is 1. The molecule has 0 saturated carbocycles. The lowest BCUT2D eigenvalue weighted by molar-refractivity contribution is -0.297. The van der Waals surface area contributed by atoms with E-state index in [0.29, 0.717) is 6.08 Å². The highest BCUT2D eigenvalue weighted by Gasteiger charge is 2.42. The van der Waals surface area contributed by atoms with Gasteiger partial charge in [0.05, 0.1) is 5.97 Å². The van der Waals surface area contributed by atoms with Crippen LogP contribution in [0.5, 0.6) is 5.75 Å². The van der Waals surface area contributed by atoms with Crippen LogP contribution in [0.4, 0.5) is 18.9 Å². The third kappa shape index (κ3) is 5.74. The van der Waals surface area contributed by atoms with E-state index in [2.05, 4.69) is 21.7 Å². The van der Waals surface area contributed by atoms with Crippen LogP contribution in [-0.2, 0) is 9.59 Å². The van der Waals surface area contributed by atoms with E-state index in [0.717, 1.165) is 18.2 Å². The molecule has 21 heavy (non-hydrogen) atoms. The molecule has 0 aliphatic carbocycles. The molecule has 0 spiro atoms. The molecule has 0 radical (unpaired) electrons. The first kappa shape index (κ1) is 16.8. The smallest absolute Gasteiger partial charge is 0.444 e. The van der Waals surface area contributed by atoms with Crippen LogP contribution in [-0.4, -0.2) is 23.6 Å². The fraction of sp³-hybridized carbons (Fsp3) is 0.167. The lowest BCUT2D eigenvalue weighted by Crippen LogP contribution is -2.32. The van der Waals surface area contributed by atoms with Crippen LogP contribution in [0.1, 0.15) is 0 Å². The van der Waals surface area contributed by atoms with Gasteiger partial charge >= 0.3 is 6.11 Å². The van der Waals surface area contributed by atoms with E-state index in [9.17, 15) is 27.9 Å². The minimum Gasteiger partial charge on any atom is -0.545 e. The molecular formula is C12H8ClF3NO4-. The van der Waals surface area contributed by atoms with Gasteiger partial charge in [0.2, 0.25) is 5.91 Å². The molecule has 114 valence electrons. The van der Waals surface area contributed by atoms with Gasteiger partial charge in [0.25, 0.3) is 5.63 Å². The summed E-state index contributed by atoms with van der Waals surface area (Å²) in [5.41, 5.74) is -2.83. The second-order valence-electron chi connectivity index (χ2n) is 3.63. The van der Waals surface area contributed by atoms with Crippen molar-refractivity contribution in [2.24, 2.45) is 0 Å². The van der Waals surface area contributed by atoms with E-state index in [1.54, 1.807) is 0 Å². The van der Waals surface area contributed by atoms with Gasteiger partial charge in [0.15, 0.2) is 0 Å². The standard InChI is InChI=1S/C12H9ClF3NO4/c13-11(14)12(15,16)21-8-3-1-7(2-4-8)17-9(18)5-6-10(19)20/h1-6,11H,(H,17,18)(H,19,20)/p-1/t11-/m0/s1. The molecule has 1 amide bonds. The van der Waals surface area contributed by atoms with Crippen LogP contribution >= 0.6 is 11.6 Å². The molecule has 0 aliphatic rings. The highest BCUT2D eigenvalue weighted by Crippen LogP contribution is 2.29. The molecule has 5 nitrogen and oxygen atoms in total. The van der Waals surface area contributed by atoms with Crippen molar-refractivity contribution < 1.29 is 32.6 Å². The summed E-state index contributed by atoms with van der Waals surface area (Å²) in [5.74, 6) is -2.67. The third-order valence-electron chi connectivity index (χ3n) is 2.00. The Balaban J connectivity index is 2.66. The summed E-state index contributed by atoms with van der Waals surface area (Å²) < 4.78 is 42.1. The lowest BCUT2D eigenvalue weighted by Gasteiger charge is -2.17. The van der Waals surface area contributed by atoms with Gasteiger partial charge in [0, 0.05) is 11.8 Å². The molecule has 0 fully saturated rings. The average Bonchev–Trinajstić information content (AvgIpc) is 2.38. The van der Waals surface area contributed by atoms with Gasteiger partial charge < -0.3 is 20.0 Å². The zero-order chi connectivity index (χ0) is 16.0. The van der Waals surface area contributed by atoms with Gasteiger partial charge in [-0.05, 0) is 30.3 Å². The molecule has 1 atom stereocenters. The van der Waals surface area contributed by atoms with E-state index < -0.39 is 23.6 Å². The number of alkyl halides is 4. The number of amides is 1. The van der Waals surface area contributed by atoms with Gasteiger partial charge in [-0.3, -0.25) is 4.79 Å². The molecule has 0 unspecified atom stereocenters. The number of anilines is 1. The number of nitrogens with one attached hydrogen (secondary N) is 1. The highest BCUT2D eigenvalue weighted by atomic mass is 35.5. The Morgan fingerprint density at radius 1 is 1.29 bits per heavy atom. The number of carbonyl (C=O) groups excluding carboxylic acids is 2. The monoisotopic (exact) mass is 322 g/mol. The second kappa shape index (κ2) is 6.98. The van der Waals surface area contributed by atoms with Crippen molar-refractivity contribution in [3.63, 3.8) is 0 Å². The molecular weight excluding hydrogens is 315 g/mol. The zero-order valence-electron chi connectivity index (χ0n) is 10.2. The Morgan fingerprint density at radius 2 is 1.86 bits per heavy atom. The number of aliphatic carboxylic acids is 1. The number of carbonyl (C=O) groups is 2. The predicted octanol–water partition coefficient (Wildman–Crippen LogP) is 1.44. The molecule has 1 rings (SSSR count).